The molecule has 0 aliphatic carbocycles. The lowest BCUT2D eigenvalue weighted by Crippen LogP contribution is -2.03. The quantitative estimate of drug-likeness (QED) is 0.548. The van der Waals surface area contributed by atoms with Gasteiger partial charge in [-0.05, 0) is 40.8 Å². The number of benzene rings is 2. The maximum absolute atomic E-state index is 14.0. The zero-order chi connectivity index (χ0) is 13.3. The third-order valence-corrected chi connectivity index (χ3v) is 3.72. The molecule has 0 aromatic heterocycles. The van der Waals surface area contributed by atoms with Gasteiger partial charge in [-0.2, -0.15) is 0 Å². The van der Waals surface area contributed by atoms with Crippen LogP contribution in [0.3, 0.4) is 0 Å². The number of para-hydroxylation sites is 1. The molecule has 18 heavy (non-hydrogen) atoms. The van der Waals surface area contributed by atoms with Gasteiger partial charge in [-0.1, -0.05) is 23.7 Å². The summed E-state index contributed by atoms with van der Waals surface area (Å²) in [7, 11) is 0. The SMILES string of the molecule is Nc1cc(N)c(Nc2ccccc2I)c(F)c1Cl. The first-order valence-corrected chi connectivity index (χ1v) is 6.51. The van der Waals surface area contributed by atoms with E-state index >= 15 is 0 Å². The van der Waals surface area contributed by atoms with Gasteiger partial charge in [0.1, 0.15) is 5.02 Å². The van der Waals surface area contributed by atoms with Gasteiger partial charge in [0.2, 0.25) is 0 Å². The second-order valence-corrected chi connectivity index (χ2v) is 5.20. The molecule has 0 spiro atoms. The van der Waals surface area contributed by atoms with E-state index in [1.165, 1.54) is 6.07 Å². The summed E-state index contributed by atoms with van der Waals surface area (Å²) in [6.45, 7) is 0. The summed E-state index contributed by atoms with van der Waals surface area (Å²) in [5.41, 5.74) is 12.5. The number of hydrogen-bond acceptors (Lipinski definition) is 3. The molecule has 2 rings (SSSR count). The highest BCUT2D eigenvalue weighted by Gasteiger charge is 2.15. The summed E-state index contributed by atoms with van der Waals surface area (Å²) >= 11 is 7.91. The first-order chi connectivity index (χ1) is 8.50. The maximum atomic E-state index is 14.0. The van der Waals surface area contributed by atoms with Crippen molar-refractivity contribution >= 4 is 56.9 Å². The van der Waals surface area contributed by atoms with E-state index in [0.717, 1.165) is 9.26 Å². The summed E-state index contributed by atoms with van der Waals surface area (Å²) in [6, 6.07) is 8.89. The van der Waals surface area contributed by atoms with E-state index in [2.05, 4.69) is 27.9 Å². The lowest BCUT2D eigenvalue weighted by molar-refractivity contribution is 0.633. The van der Waals surface area contributed by atoms with E-state index < -0.39 is 5.82 Å². The van der Waals surface area contributed by atoms with Crippen LogP contribution in [-0.4, -0.2) is 0 Å². The molecule has 0 amide bonds. The van der Waals surface area contributed by atoms with Crippen molar-refractivity contribution in [2.75, 3.05) is 16.8 Å². The lowest BCUT2D eigenvalue weighted by Gasteiger charge is -2.13. The molecule has 0 atom stereocenters. The number of nitrogen functional groups attached to an aromatic ring is 2. The molecule has 5 N–H and O–H groups in total. The second-order valence-electron chi connectivity index (χ2n) is 3.66. The molecule has 0 radical (unpaired) electrons. The van der Waals surface area contributed by atoms with Crippen molar-refractivity contribution < 1.29 is 4.39 Å². The van der Waals surface area contributed by atoms with E-state index in [4.69, 9.17) is 23.1 Å². The Kier molecular flexibility index (Phi) is 3.82. The molecular weight excluding hydrogens is 368 g/mol. The Labute approximate surface area is 122 Å². The Morgan fingerprint density at radius 3 is 2.50 bits per heavy atom. The number of anilines is 4. The van der Waals surface area contributed by atoms with Crippen LogP contribution < -0.4 is 16.8 Å². The second kappa shape index (κ2) is 5.19. The number of hydrogen-bond donors (Lipinski definition) is 3. The van der Waals surface area contributed by atoms with Crippen molar-refractivity contribution in [3.8, 4) is 0 Å². The van der Waals surface area contributed by atoms with Gasteiger partial charge in [0.25, 0.3) is 0 Å². The van der Waals surface area contributed by atoms with Crippen LogP contribution in [0.25, 0.3) is 0 Å². The summed E-state index contributed by atoms with van der Waals surface area (Å²) in [5.74, 6) is -0.645. The lowest BCUT2D eigenvalue weighted by atomic mass is 10.2. The summed E-state index contributed by atoms with van der Waals surface area (Å²) < 4.78 is 14.9. The summed E-state index contributed by atoms with van der Waals surface area (Å²) in [4.78, 5) is 0. The van der Waals surface area contributed by atoms with Crippen molar-refractivity contribution in [3.05, 3.63) is 44.7 Å². The molecule has 3 nitrogen and oxygen atoms in total. The van der Waals surface area contributed by atoms with E-state index in [1.54, 1.807) is 0 Å². The maximum Gasteiger partial charge on any atom is 0.169 e. The summed E-state index contributed by atoms with van der Waals surface area (Å²) in [6.07, 6.45) is 0. The van der Waals surface area contributed by atoms with E-state index in [1.807, 2.05) is 24.3 Å². The molecular formula is C12H10ClFIN3. The zero-order valence-corrected chi connectivity index (χ0v) is 12.1. The van der Waals surface area contributed by atoms with E-state index in [-0.39, 0.29) is 22.1 Å². The minimum absolute atomic E-state index is 0.125. The highest BCUT2D eigenvalue weighted by molar-refractivity contribution is 14.1. The van der Waals surface area contributed by atoms with Crippen LogP contribution in [0.1, 0.15) is 0 Å². The van der Waals surface area contributed by atoms with Gasteiger partial charge in [0.05, 0.1) is 22.7 Å². The standard InChI is InChI=1S/C12H10ClFIN3/c13-10-7(16)5-8(17)12(11(10)14)18-9-4-2-1-3-6(9)15/h1-5,18H,16-17H2. The highest BCUT2D eigenvalue weighted by Crippen LogP contribution is 2.36. The van der Waals surface area contributed by atoms with Crippen molar-refractivity contribution in [1.29, 1.82) is 0 Å². The van der Waals surface area contributed by atoms with Gasteiger partial charge in [0.15, 0.2) is 5.82 Å². The minimum atomic E-state index is -0.645. The third kappa shape index (κ3) is 2.46. The fourth-order valence-electron chi connectivity index (χ4n) is 1.49. The third-order valence-electron chi connectivity index (χ3n) is 2.40. The molecule has 0 heterocycles. The largest absolute Gasteiger partial charge is 0.397 e. The van der Waals surface area contributed by atoms with Crippen molar-refractivity contribution in [2.45, 2.75) is 0 Å². The van der Waals surface area contributed by atoms with Gasteiger partial charge >= 0.3 is 0 Å². The van der Waals surface area contributed by atoms with Gasteiger partial charge in [-0.15, -0.1) is 0 Å². The molecule has 2 aromatic rings. The first-order valence-electron chi connectivity index (χ1n) is 5.05. The molecule has 0 saturated heterocycles. The number of nitrogens with two attached hydrogens (primary N) is 2. The van der Waals surface area contributed by atoms with Gasteiger partial charge in [-0.3, -0.25) is 0 Å². The van der Waals surface area contributed by atoms with Gasteiger partial charge in [0, 0.05) is 3.57 Å². The molecule has 0 fully saturated rings. The highest BCUT2D eigenvalue weighted by atomic mass is 127. The molecule has 6 heteroatoms. The van der Waals surface area contributed by atoms with E-state index in [9.17, 15) is 4.39 Å². The first kappa shape index (κ1) is 13.2. The fourth-order valence-corrected chi connectivity index (χ4v) is 2.16. The Hall–Kier alpha value is -1.21. The Morgan fingerprint density at radius 2 is 1.83 bits per heavy atom. The van der Waals surface area contributed by atoms with Crippen LogP contribution in [0.5, 0.6) is 0 Å². The molecule has 0 aliphatic rings. The van der Waals surface area contributed by atoms with Crippen molar-refractivity contribution in [3.63, 3.8) is 0 Å². The molecule has 94 valence electrons. The van der Waals surface area contributed by atoms with Crippen LogP contribution >= 0.6 is 34.2 Å². The molecule has 0 aliphatic heterocycles. The monoisotopic (exact) mass is 377 g/mol. The van der Waals surface area contributed by atoms with Crippen LogP contribution in [0, 0.1) is 9.39 Å². The average molecular weight is 378 g/mol. The topological polar surface area (TPSA) is 64.1 Å². The predicted molar refractivity (Wildman–Crippen MR) is 82.7 cm³/mol. The Morgan fingerprint density at radius 1 is 1.17 bits per heavy atom. The van der Waals surface area contributed by atoms with E-state index in [0.29, 0.717) is 0 Å². The molecule has 2 aromatic carbocycles. The van der Waals surface area contributed by atoms with Crippen LogP contribution in [-0.2, 0) is 0 Å². The van der Waals surface area contributed by atoms with Crippen molar-refractivity contribution in [1.82, 2.24) is 0 Å². The molecule has 0 bridgehead atoms. The van der Waals surface area contributed by atoms with Crippen molar-refractivity contribution in [2.24, 2.45) is 0 Å². The normalized spacial score (nSPS) is 10.4. The number of rotatable bonds is 2. The summed E-state index contributed by atoms with van der Waals surface area (Å²) in [5, 5.41) is 2.80. The van der Waals surface area contributed by atoms with Gasteiger partial charge < -0.3 is 16.8 Å². The average Bonchev–Trinajstić information content (AvgIpc) is 2.34. The molecule has 0 unspecified atom stereocenters. The number of nitrogens with one attached hydrogen (secondary N) is 1. The zero-order valence-electron chi connectivity index (χ0n) is 9.18. The number of halogens is 3. The van der Waals surface area contributed by atoms with Crippen LogP contribution in [0.15, 0.2) is 30.3 Å². The Balaban J connectivity index is 2.47. The smallest absolute Gasteiger partial charge is 0.169 e. The van der Waals surface area contributed by atoms with Crippen LogP contribution in [0.2, 0.25) is 5.02 Å². The Bertz CT molecular complexity index is 604. The predicted octanol–water partition coefficient (Wildman–Crippen LogP) is 3.99. The molecule has 0 saturated carbocycles. The minimum Gasteiger partial charge on any atom is -0.397 e. The van der Waals surface area contributed by atoms with Crippen LogP contribution in [0.4, 0.5) is 27.1 Å². The van der Waals surface area contributed by atoms with Gasteiger partial charge in [-0.25, -0.2) is 4.39 Å². The fraction of sp³-hybridized carbons (Fsp3) is 0.